The predicted octanol–water partition coefficient (Wildman–Crippen LogP) is 23.0. The number of hydrogen-bond donors (Lipinski definition) is 3. The van der Waals surface area contributed by atoms with Crippen molar-refractivity contribution in [3.8, 4) is 0 Å². The maximum absolute atomic E-state index is 13.1. The van der Waals surface area contributed by atoms with Crippen molar-refractivity contribution in [3.05, 3.63) is 170 Å². The van der Waals surface area contributed by atoms with Crippen LogP contribution >= 0.6 is 15.6 Å². The number of rotatable bonds is 72. The number of carbonyl (C=O) groups excluding carboxylic acids is 4. The smallest absolute Gasteiger partial charge is 0.462 e. The van der Waals surface area contributed by atoms with E-state index in [0.717, 1.165) is 128 Å². The first kappa shape index (κ1) is 98.4. The normalized spacial score (nSPS) is 14.8. The third-order valence-electron chi connectivity index (χ3n) is 15.7. The Morgan fingerprint density at radius 1 is 0.279 bits per heavy atom. The number of hydrogen-bond acceptors (Lipinski definition) is 15. The van der Waals surface area contributed by atoms with Crippen LogP contribution in [0.1, 0.15) is 285 Å². The van der Waals surface area contributed by atoms with E-state index in [1.54, 1.807) is 0 Å². The van der Waals surface area contributed by atoms with E-state index in [2.05, 4.69) is 174 Å². The lowest BCUT2D eigenvalue weighted by molar-refractivity contribution is -0.161. The summed E-state index contributed by atoms with van der Waals surface area (Å²) in [5, 5.41) is 10.6. The molecule has 0 aromatic heterocycles. The molecule has 590 valence electrons. The Labute approximate surface area is 629 Å². The molecule has 0 amide bonds. The zero-order valence-electron chi connectivity index (χ0n) is 64.4. The Kier molecular flexibility index (Phi) is 71.6. The molecular weight excluding hydrogens is 1350 g/mol. The van der Waals surface area contributed by atoms with Crippen molar-refractivity contribution >= 4 is 39.5 Å². The zero-order chi connectivity index (χ0) is 76.0. The van der Waals surface area contributed by atoms with Crippen LogP contribution in [0.3, 0.4) is 0 Å². The monoisotopic (exact) mass is 1490 g/mol. The average Bonchev–Trinajstić information content (AvgIpc) is 0.926. The van der Waals surface area contributed by atoms with Gasteiger partial charge in [-0.3, -0.25) is 37.3 Å². The minimum atomic E-state index is -5.01. The molecule has 0 rings (SSSR count). The van der Waals surface area contributed by atoms with Gasteiger partial charge in [0.15, 0.2) is 12.2 Å². The number of ether oxygens (including phenoxy) is 4. The van der Waals surface area contributed by atoms with Crippen molar-refractivity contribution in [2.24, 2.45) is 0 Å². The molecule has 104 heavy (non-hydrogen) atoms. The van der Waals surface area contributed by atoms with Gasteiger partial charge in [-0.05, 0) is 141 Å². The topological polar surface area (TPSA) is 237 Å². The average molecular weight is 1490 g/mol. The van der Waals surface area contributed by atoms with Gasteiger partial charge in [-0.2, -0.15) is 0 Å². The molecule has 0 aliphatic carbocycles. The van der Waals surface area contributed by atoms with E-state index < -0.39 is 97.5 Å². The lowest BCUT2D eigenvalue weighted by Gasteiger charge is -2.21. The van der Waals surface area contributed by atoms with E-state index in [1.807, 2.05) is 24.3 Å². The second-order valence-corrected chi connectivity index (χ2v) is 28.4. The van der Waals surface area contributed by atoms with Crippen molar-refractivity contribution in [2.75, 3.05) is 39.6 Å². The van der Waals surface area contributed by atoms with E-state index in [9.17, 15) is 43.2 Å². The maximum atomic E-state index is 13.1. The number of unbranched alkanes of at least 4 members (excludes halogenated alkanes) is 18. The number of carbonyl (C=O) groups is 4. The summed E-state index contributed by atoms with van der Waals surface area (Å²) >= 11 is 0. The van der Waals surface area contributed by atoms with Crippen molar-refractivity contribution in [2.45, 2.75) is 303 Å². The molecule has 0 bridgehead atoms. The third kappa shape index (κ3) is 74.7. The molecular formula is C85H138O17P2. The molecule has 5 atom stereocenters. The molecule has 0 aliphatic rings. The molecule has 0 radical (unpaired) electrons. The molecule has 0 saturated carbocycles. The van der Waals surface area contributed by atoms with Crippen molar-refractivity contribution in [1.82, 2.24) is 0 Å². The van der Waals surface area contributed by atoms with Gasteiger partial charge in [-0.15, -0.1) is 0 Å². The van der Waals surface area contributed by atoms with Crippen LogP contribution in [0, 0.1) is 0 Å². The molecule has 3 N–H and O–H groups in total. The largest absolute Gasteiger partial charge is 0.472 e. The second kappa shape index (κ2) is 75.6. The number of aliphatic hydroxyl groups is 1. The second-order valence-electron chi connectivity index (χ2n) is 25.5. The molecule has 0 fully saturated rings. The highest BCUT2D eigenvalue weighted by molar-refractivity contribution is 7.47. The van der Waals surface area contributed by atoms with Crippen LogP contribution in [0.15, 0.2) is 170 Å². The summed E-state index contributed by atoms with van der Waals surface area (Å²) in [6.07, 6.45) is 89.3. The van der Waals surface area contributed by atoms with Crippen LogP contribution < -0.4 is 0 Å². The minimum Gasteiger partial charge on any atom is -0.462 e. The predicted molar refractivity (Wildman–Crippen MR) is 426 cm³/mol. The van der Waals surface area contributed by atoms with Gasteiger partial charge >= 0.3 is 39.5 Å². The molecule has 0 aromatic rings. The summed E-state index contributed by atoms with van der Waals surface area (Å²) < 4.78 is 68.4. The minimum absolute atomic E-state index is 0.00261. The Morgan fingerprint density at radius 2 is 0.510 bits per heavy atom. The zero-order valence-corrected chi connectivity index (χ0v) is 66.2. The van der Waals surface area contributed by atoms with Gasteiger partial charge in [0.05, 0.1) is 26.4 Å². The summed E-state index contributed by atoms with van der Waals surface area (Å²) in [4.78, 5) is 73.0. The molecule has 0 aliphatic heterocycles. The lowest BCUT2D eigenvalue weighted by atomic mass is 10.0. The van der Waals surface area contributed by atoms with E-state index >= 15 is 0 Å². The van der Waals surface area contributed by atoms with E-state index in [1.165, 1.54) is 64.2 Å². The van der Waals surface area contributed by atoms with Crippen LogP contribution in [0.2, 0.25) is 0 Å². The van der Waals surface area contributed by atoms with Gasteiger partial charge in [0.2, 0.25) is 0 Å². The number of esters is 4. The molecule has 17 nitrogen and oxygen atoms in total. The van der Waals surface area contributed by atoms with Crippen LogP contribution in [-0.4, -0.2) is 96.7 Å². The Morgan fingerprint density at radius 3 is 0.817 bits per heavy atom. The number of phosphoric ester groups is 2. The molecule has 0 aromatic carbocycles. The van der Waals surface area contributed by atoms with Gasteiger partial charge in [-0.1, -0.05) is 288 Å². The fourth-order valence-electron chi connectivity index (χ4n) is 9.81. The van der Waals surface area contributed by atoms with Crippen LogP contribution in [0.25, 0.3) is 0 Å². The molecule has 0 saturated heterocycles. The maximum Gasteiger partial charge on any atom is 0.472 e. The van der Waals surface area contributed by atoms with Crippen LogP contribution in [0.5, 0.6) is 0 Å². The van der Waals surface area contributed by atoms with E-state index in [0.29, 0.717) is 38.5 Å². The van der Waals surface area contributed by atoms with Gasteiger partial charge in [-0.25, -0.2) is 9.13 Å². The summed E-state index contributed by atoms with van der Waals surface area (Å²) in [7, 11) is -10.0. The van der Waals surface area contributed by atoms with Crippen LogP contribution in [-0.2, 0) is 65.4 Å². The van der Waals surface area contributed by atoms with Gasteiger partial charge < -0.3 is 33.8 Å². The highest BCUT2D eigenvalue weighted by Gasteiger charge is 2.30. The fourth-order valence-corrected chi connectivity index (χ4v) is 11.4. The summed E-state index contributed by atoms with van der Waals surface area (Å²) in [6.45, 7) is 4.34. The fraction of sp³-hybridized carbons (Fsp3) is 0.624. The summed E-state index contributed by atoms with van der Waals surface area (Å²) in [6, 6.07) is 0. The first-order chi connectivity index (χ1) is 50.7. The molecule has 0 heterocycles. The van der Waals surface area contributed by atoms with Gasteiger partial charge in [0.25, 0.3) is 0 Å². The Bertz CT molecular complexity index is 2640. The van der Waals surface area contributed by atoms with Crippen LogP contribution in [0.4, 0.5) is 0 Å². The highest BCUT2D eigenvalue weighted by atomic mass is 31.2. The number of phosphoric acid groups is 2. The summed E-state index contributed by atoms with van der Waals surface area (Å²) in [5.41, 5.74) is 0. The number of aliphatic hydroxyl groups excluding tert-OH is 1. The first-order valence-electron chi connectivity index (χ1n) is 39.4. The summed E-state index contributed by atoms with van der Waals surface area (Å²) in [5.74, 6) is -2.37. The standard InChI is InChI=1S/C85H138O17P2/c1-5-9-13-17-21-25-29-33-37-39-43-46-50-54-58-62-66-70-83(88)96-76-81(102-85(90)72-68-64-60-56-52-48-44-40-38-34-30-26-22-18-14-10-6-2)78-100-104(93,94)98-74-79(86)73-97-103(91,92)99-77-80(101-84(89)71-67-63-59-55-51-47-42-36-32-28-24-20-16-12-8-4)75-95-82(87)69-65-61-57-53-49-45-41-35-31-27-23-19-15-11-7-3/h9-11,13-15,21-23,25-27,33-35,37-38,41,43-44,46,48-49,53-54,56,58,60,79-81,86H,5-8,12,16-20,24,28-32,36,39-40,42,45,47,50-52,55,57,59,61-78H2,1-4H3,(H,91,92)(H,93,94)/b13-9-,14-10-,15-11-,25-21-,26-22-,27-23-,37-33-,38-34-,41-35-,46-43-,48-44-,53-49-,58-54-,60-56-. The SMILES string of the molecule is CC/C=C\C/C=C\C/C=C\C/C=C\C/C=C\CCCC(=O)OCC(COP(=O)(O)OCC(O)COP(=O)(O)OCC(COC(=O)CCCC/C=C\C/C=C\C/C=C\C/C=C\CC)OC(=O)CCCCCCCCCCCCCCCCC)OC(=O)CCC/C=C\C/C=C\C/C=C\C/C=C\C/C=C\CC. The van der Waals surface area contributed by atoms with E-state index in [-0.39, 0.29) is 25.7 Å². The Hall–Kier alpha value is -5.58. The van der Waals surface area contributed by atoms with E-state index in [4.69, 9.17) is 37.0 Å². The molecule has 5 unspecified atom stereocenters. The third-order valence-corrected chi connectivity index (χ3v) is 17.6. The highest BCUT2D eigenvalue weighted by Crippen LogP contribution is 2.45. The van der Waals surface area contributed by atoms with Crippen molar-refractivity contribution < 1.29 is 80.2 Å². The van der Waals surface area contributed by atoms with Gasteiger partial charge in [0.1, 0.15) is 19.3 Å². The first-order valence-corrected chi connectivity index (χ1v) is 42.4. The van der Waals surface area contributed by atoms with Gasteiger partial charge in [0, 0.05) is 25.7 Å². The Balaban J connectivity index is 5.51. The van der Waals surface area contributed by atoms with Crippen molar-refractivity contribution in [3.63, 3.8) is 0 Å². The quantitative estimate of drug-likeness (QED) is 0.0169. The molecule has 19 heteroatoms. The number of allylic oxidation sites excluding steroid dienone is 28. The molecule has 0 spiro atoms. The van der Waals surface area contributed by atoms with Crippen molar-refractivity contribution in [1.29, 1.82) is 0 Å². The lowest BCUT2D eigenvalue weighted by Crippen LogP contribution is -2.30.